The summed E-state index contributed by atoms with van der Waals surface area (Å²) in [5.74, 6) is 1.98. The number of likely N-dealkylation sites (N-methyl/N-ethyl adjacent to an activating group) is 1. The Kier molecular flexibility index (Phi) is 5.30. The molecule has 0 bridgehead atoms. The highest BCUT2D eigenvalue weighted by Gasteiger charge is 2.20. The summed E-state index contributed by atoms with van der Waals surface area (Å²) in [6, 6.07) is 0.809. The van der Waals surface area contributed by atoms with Crippen LogP contribution >= 0.6 is 0 Å². The van der Waals surface area contributed by atoms with Gasteiger partial charge in [0.15, 0.2) is 0 Å². The van der Waals surface area contributed by atoms with E-state index in [-0.39, 0.29) is 0 Å². The Hall–Kier alpha value is -0.0800. The summed E-state index contributed by atoms with van der Waals surface area (Å²) in [6.07, 6.45) is 10.1. The normalized spacial score (nSPS) is 30.5. The number of nitrogens with one attached hydrogen (secondary N) is 1. The van der Waals surface area contributed by atoms with Crippen LogP contribution in [0.4, 0.5) is 0 Å². The zero-order valence-corrected chi connectivity index (χ0v) is 11.8. The van der Waals surface area contributed by atoms with Crippen LogP contribution in [0.15, 0.2) is 0 Å². The molecule has 100 valence electrons. The Balaban J connectivity index is 1.50. The molecule has 0 amide bonds. The molecule has 1 N–H and O–H groups in total. The number of hydrogen-bond acceptors (Lipinski definition) is 2. The largest absolute Gasteiger partial charge is 0.313 e. The molecule has 0 aromatic rings. The van der Waals surface area contributed by atoms with Crippen molar-refractivity contribution in [1.82, 2.24) is 10.2 Å². The summed E-state index contributed by atoms with van der Waals surface area (Å²) in [6.45, 7) is 6.12. The lowest BCUT2D eigenvalue weighted by molar-refractivity contribution is 0.201. The summed E-state index contributed by atoms with van der Waals surface area (Å²) in [5.41, 5.74) is 0. The Morgan fingerprint density at radius 2 is 1.76 bits per heavy atom. The fourth-order valence-electron chi connectivity index (χ4n) is 3.13. The number of hydrogen-bond donors (Lipinski definition) is 1. The van der Waals surface area contributed by atoms with Gasteiger partial charge in [-0.2, -0.15) is 0 Å². The zero-order valence-electron chi connectivity index (χ0n) is 11.8. The minimum Gasteiger partial charge on any atom is -0.313 e. The molecule has 17 heavy (non-hydrogen) atoms. The van der Waals surface area contributed by atoms with Gasteiger partial charge >= 0.3 is 0 Å². The molecular formula is C15H30N2. The first kappa shape index (κ1) is 13.4. The van der Waals surface area contributed by atoms with E-state index < -0.39 is 0 Å². The molecule has 0 heterocycles. The number of rotatable bonds is 6. The lowest BCUT2D eigenvalue weighted by Gasteiger charge is -2.31. The van der Waals surface area contributed by atoms with Gasteiger partial charge in [0.2, 0.25) is 0 Å². The molecule has 0 spiro atoms. The molecule has 0 aromatic carbocycles. The van der Waals surface area contributed by atoms with E-state index in [1.807, 2.05) is 0 Å². The maximum absolute atomic E-state index is 3.74. The second-order valence-corrected chi connectivity index (χ2v) is 6.47. The van der Waals surface area contributed by atoms with Crippen molar-refractivity contribution in [3.8, 4) is 0 Å². The van der Waals surface area contributed by atoms with E-state index in [4.69, 9.17) is 0 Å². The van der Waals surface area contributed by atoms with E-state index in [2.05, 4.69) is 24.2 Å². The van der Waals surface area contributed by atoms with Gasteiger partial charge in [-0.1, -0.05) is 13.3 Å². The van der Waals surface area contributed by atoms with Gasteiger partial charge in [-0.05, 0) is 57.4 Å². The fourth-order valence-corrected chi connectivity index (χ4v) is 3.13. The molecule has 2 fully saturated rings. The molecule has 0 radical (unpaired) electrons. The molecule has 0 atom stereocenters. The highest BCUT2D eigenvalue weighted by atomic mass is 15.1. The van der Waals surface area contributed by atoms with Crippen molar-refractivity contribution < 1.29 is 0 Å². The van der Waals surface area contributed by atoms with Gasteiger partial charge in [0, 0.05) is 25.7 Å². The van der Waals surface area contributed by atoms with Crippen molar-refractivity contribution in [1.29, 1.82) is 0 Å². The van der Waals surface area contributed by atoms with Crippen molar-refractivity contribution in [2.24, 2.45) is 11.8 Å². The molecule has 2 rings (SSSR count). The molecule has 2 nitrogen and oxygen atoms in total. The molecule has 2 saturated carbocycles. The van der Waals surface area contributed by atoms with Crippen LogP contribution in [0.25, 0.3) is 0 Å². The monoisotopic (exact) mass is 238 g/mol. The molecule has 2 aliphatic rings. The van der Waals surface area contributed by atoms with Crippen molar-refractivity contribution in [2.75, 3.05) is 26.7 Å². The standard InChI is InChI=1S/C15H30N2/c1-13-6-8-15(9-7-13)16-10-11-17(2)12-14-4-3-5-14/h13-16H,3-12H2,1-2H3. The summed E-state index contributed by atoms with van der Waals surface area (Å²) in [4.78, 5) is 2.52. The smallest absolute Gasteiger partial charge is 0.0104 e. The lowest BCUT2D eigenvalue weighted by Crippen LogP contribution is -2.39. The average Bonchev–Trinajstić information content (AvgIpc) is 2.26. The zero-order chi connectivity index (χ0) is 12.1. The van der Waals surface area contributed by atoms with Crippen molar-refractivity contribution in [3.63, 3.8) is 0 Å². The molecule has 0 saturated heterocycles. The highest BCUT2D eigenvalue weighted by Crippen LogP contribution is 2.26. The molecular weight excluding hydrogens is 208 g/mol. The van der Waals surface area contributed by atoms with Crippen LogP contribution in [0.5, 0.6) is 0 Å². The van der Waals surface area contributed by atoms with Gasteiger partial charge in [-0.3, -0.25) is 0 Å². The third-order valence-corrected chi connectivity index (χ3v) is 4.74. The topological polar surface area (TPSA) is 15.3 Å². The summed E-state index contributed by atoms with van der Waals surface area (Å²) < 4.78 is 0. The van der Waals surface area contributed by atoms with Gasteiger partial charge in [-0.25, -0.2) is 0 Å². The summed E-state index contributed by atoms with van der Waals surface area (Å²) in [7, 11) is 2.28. The second kappa shape index (κ2) is 6.75. The summed E-state index contributed by atoms with van der Waals surface area (Å²) in [5, 5.41) is 3.74. The van der Waals surface area contributed by atoms with Gasteiger partial charge in [0.25, 0.3) is 0 Å². The predicted octanol–water partition coefficient (Wildman–Crippen LogP) is 2.89. The Labute approximate surface area is 107 Å². The van der Waals surface area contributed by atoms with Crippen LogP contribution in [0.2, 0.25) is 0 Å². The van der Waals surface area contributed by atoms with Crippen LogP contribution in [0, 0.1) is 11.8 Å². The van der Waals surface area contributed by atoms with E-state index >= 15 is 0 Å². The van der Waals surface area contributed by atoms with E-state index in [1.54, 1.807) is 0 Å². The quantitative estimate of drug-likeness (QED) is 0.765. The average molecular weight is 238 g/mol. The third-order valence-electron chi connectivity index (χ3n) is 4.74. The Morgan fingerprint density at radius 1 is 1.06 bits per heavy atom. The molecule has 2 heteroatoms. The second-order valence-electron chi connectivity index (χ2n) is 6.47. The minimum absolute atomic E-state index is 0.809. The predicted molar refractivity (Wildman–Crippen MR) is 74.3 cm³/mol. The first-order chi connectivity index (χ1) is 8.24. The first-order valence-corrected chi connectivity index (χ1v) is 7.66. The Bertz CT molecular complexity index is 205. The Morgan fingerprint density at radius 3 is 2.35 bits per heavy atom. The van der Waals surface area contributed by atoms with Crippen LogP contribution < -0.4 is 5.32 Å². The van der Waals surface area contributed by atoms with Crippen molar-refractivity contribution >= 4 is 0 Å². The molecule has 0 aromatic heterocycles. The van der Waals surface area contributed by atoms with Gasteiger partial charge in [-0.15, -0.1) is 0 Å². The van der Waals surface area contributed by atoms with Crippen LogP contribution in [-0.4, -0.2) is 37.6 Å². The van der Waals surface area contributed by atoms with Crippen LogP contribution in [-0.2, 0) is 0 Å². The van der Waals surface area contributed by atoms with E-state index in [0.29, 0.717) is 0 Å². The van der Waals surface area contributed by atoms with E-state index in [1.165, 1.54) is 64.6 Å². The highest BCUT2D eigenvalue weighted by molar-refractivity contribution is 4.76. The maximum atomic E-state index is 3.74. The van der Waals surface area contributed by atoms with E-state index in [9.17, 15) is 0 Å². The molecule has 0 aliphatic heterocycles. The first-order valence-electron chi connectivity index (χ1n) is 7.66. The summed E-state index contributed by atoms with van der Waals surface area (Å²) >= 11 is 0. The SMILES string of the molecule is CC1CCC(NCCN(C)CC2CCC2)CC1. The van der Waals surface area contributed by atoms with Crippen LogP contribution in [0.1, 0.15) is 51.9 Å². The van der Waals surface area contributed by atoms with E-state index in [0.717, 1.165) is 17.9 Å². The molecule has 2 aliphatic carbocycles. The van der Waals surface area contributed by atoms with Crippen molar-refractivity contribution in [3.05, 3.63) is 0 Å². The van der Waals surface area contributed by atoms with Crippen LogP contribution in [0.3, 0.4) is 0 Å². The molecule has 0 unspecified atom stereocenters. The maximum Gasteiger partial charge on any atom is 0.0104 e. The minimum atomic E-state index is 0.809. The van der Waals surface area contributed by atoms with Gasteiger partial charge in [0.1, 0.15) is 0 Å². The van der Waals surface area contributed by atoms with Crippen molar-refractivity contribution in [2.45, 2.75) is 57.9 Å². The van der Waals surface area contributed by atoms with Gasteiger partial charge in [0.05, 0.1) is 0 Å². The number of nitrogens with zero attached hydrogens (tertiary/aromatic N) is 1. The third kappa shape index (κ3) is 4.59. The van der Waals surface area contributed by atoms with Gasteiger partial charge < -0.3 is 10.2 Å². The fraction of sp³-hybridized carbons (Fsp3) is 1.00. The lowest BCUT2D eigenvalue weighted by atomic mass is 9.85.